The van der Waals surface area contributed by atoms with Crippen LogP contribution in [0, 0.1) is 0 Å². The molecule has 0 atom stereocenters. The van der Waals surface area contributed by atoms with Gasteiger partial charge < -0.3 is 4.57 Å². The molecule has 2 aromatic heterocycles. The summed E-state index contributed by atoms with van der Waals surface area (Å²) in [5.74, 6) is -0.0354. The van der Waals surface area contributed by atoms with E-state index in [0.29, 0.717) is 10.7 Å². The van der Waals surface area contributed by atoms with E-state index in [2.05, 4.69) is 4.98 Å². The van der Waals surface area contributed by atoms with E-state index in [1.165, 1.54) is 11.3 Å². The third-order valence-electron chi connectivity index (χ3n) is 3.17. The second kappa shape index (κ2) is 4.51. The van der Waals surface area contributed by atoms with Gasteiger partial charge in [0.25, 0.3) is 5.91 Å². The molecule has 96 valence electrons. The van der Waals surface area contributed by atoms with Gasteiger partial charge in [0.15, 0.2) is 5.13 Å². The van der Waals surface area contributed by atoms with Crippen LogP contribution in [0.25, 0.3) is 10.9 Å². The Hall–Kier alpha value is -2.14. The van der Waals surface area contributed by atoms with E-state index in [0.717, 1.165) is 10.9 Å². The van der Waals surface area contributed by atoms with Crippen molar-refractivity contribution in [2.45, 2.75) is 0 Å². The van der Waals surface area contributed by atoms with Gasteiger partial charge >= 0.3 is 0 Å². The Morgan fingerprint density at radius 2 is 2.21 bits per heavy atom. The number of aromatic nitrogens is 2. The second-order valence-corrected chi connectivity index (χ2v) is 5.22. The summed E-state index contributed by atoms with van der Waals surface area (Å²) in [6, 6.07) is 7.74. The molecule has 0 saturated carbocycles. The molecular formula is C14H13N3OS. The molecule has 0 N–H and O–H groups in total. The Morgan fingerprint density at radius 1 is 1.37 bits per heavy atom. The normalized spacial score (nSPS) is 10.8. The maximum Gasteiger partial charge on any atom is 0.260 e. The molecule has 4 nitrogen and oxygen atoms in total. The first-order valence-electron chi connectivity index (χ1n) is 5.90. The molecular weight excluding hydrogens is 258 g/mol. The molecule has 3 rings (SSSR count). The zero-order valence-electron chi connectivity index (χ0n) is 10.7. The molecule has 0 aliphatic heterocycles. The highest BCUT2D eigenvalue weighted by Gasteiger charge is 2.18. The van der Waals surface area contributed by atoms with Gasteiger partial charge in [0.1, 0.15) is 0 Å². The van der Waals surface area contributed by atoms with Crippen molar-refractivity contribution in [3.8, 4) is 0 Å². The largest absolute Gasteiger partial charge is 0.351 e. The van der Waals surface area contributed by atoms with Crippen molar-refractivity contribution in [2.24, 2.45) is 7.05 Å². The molecule has 19 heavy (non-hydrogen) atoms. The van der Waals surface area contributed by atoms with Crippen molar-refractivity contribution in [3.05, 3.63) is 47.6 Å². The Morgan fingerprint density at radius 3 is 2.95 bits per heavy atom. The van der Waals surface area contributed by atoms with E-state index in [1.807, 2.05) is 47.5 Å². The predicted molar refractivity (Wildman–Crippen MR) is 77.8 cm³/mol. The average Bonchev–Trinajstić information content (AvgIpc) is 3.07. The SMILES string of the molecule is CN(C(=O)c1cccc2c1ccn2C)c1nccs1. The van der Waals surface area contributed by atoms with E-state index in [-0.39, 0.29) is 5.91 Å². The number of rotatable bonds is 2. The second-order valence-electron chi connectivity index (χ2n) is 4.34. The first-order chi connectivity index (χ1) is 9.18. The van der Waals surface area contributed by atoms with Gasteiger partial charge in [-0.15, -0.1) is 11.3 Å². The fraction of sp³-hybridized carbons (Fsp3) is 0.143. The highest BCUT2D eigenvalue weighted by atomic mass is 32.1. The fourth-order valence-corrected chi connectivity index (χ4v) is 2.74. The van der Waals surface area contributed by atoms with Crippen LogP contribution in [0.4, 0.5) is 5.13 Å². The Balaban J connectivity index is 2.07. The molecule has 1 amide bonds. The number of hydrogen-bond donors (Lipinski definition) is 0. The van der Waals surface area contributed by atoms with E-state index in [9.17, 15) is 4.79 Å². The first-order valence-corrected chi connectivity index (χ1v) is 6.78. The number of anilines is 1. The average molecular weight is 271 g/mol. The van der Waals surface area contributed by atoms with E-state index >= 15 is 0 Å². The van der Waals surface area contributed by atoms with Gasteiger partial charge in [-0.25, -0.2) is 4.98 Å². The van der Waals surface area contributed by atoms with Gasteiger partial charge in [0.05, 0.1) is 0 Å². The fourth-order valence-electron chi connectivity index (χ4n) is 2.14. The zero-order valence-corrected chi connectivity index (χ0v) is 11.5. The summed E-state index contributed by atoms with van der Waals surface area (Å²) in [4.78, 5) is 18.3. The Labute approximate surface area is 114 Å². The number of fused-ring (bicyclic) bond motifs is 1. The van der Waals surface area contributed by atoms with Crippen LogP contribution in [-0.2, 0) is 7.05 Å². The zero-order chi connectivity index (χ0) is 13.4. The summed E-state index contributed by atoms with van der Waals surface area (Å²) >= 11 is 1.45. The molecule has 0 bridgehead atoms. The van der Waals surface area contributed by atoms with Crippen molar-refractivity contribution >= 4 is 33.3 Å². The van der Waals surface area contributed by atoms with Crippen LogP contribution in [0.2, 0.25) is 0 Å². The van der Waals surface area contributed by atoms with Crippen molar-refractivity contribution in [2.75, 3.05) is 11.9 Å². The maximum atomic E-state index is 12.5. The van der Waals surface area contributed by atoms with Gasteiger partial charge in [0, 0.05) is 48.3 Å². The minimum atomic E-state index is -0.0354. The molecule has 5 heteroatoms. The van der Waals surface area contributed by atoms with Crippen molar-refractivity contribution in [3.63, 3.8) is 0 Å². The number of aryl methyl sites for hydroxylation is 1. The molecule has 0 saturated heterocycles. The minimum Gasteiger partial charge on any atom is -0.351 e. The van der Waals surface area contributed by atoms with Crippen LogP contribution >= 0.6 is 11.3 Å². The summed E-state index contributed by atoms with van der Waals surface area (Å²) in [6.07, 6.45) is 3.66. The molecule has 3 aromatic rings. The number of thiazole rings is 1. The number of benzene rings is 1. The minimum absolute atomic E-state index is 0.0354. The third-order valence-corrected chi connectivity index (χ3v) is 4.02. The quantitative estimate of drug-likeness (QED) is 0.718. The lowest BCUT2D eigenvalue weighted by molar-refractivity contribution is 0.0994. The van der Waals surface area contributed by atoms with Gasteiger partial charge in [0.2, 0.25) is 0 Å². The first kappa shape index (κ1) is 11.9. The summed E-state index contributed by atoms with van der Waals surface area (Å²) in [7, 11) is 3.73. The molecule has 0 aliphatic rings. The van der Waals surface area contributed by atoms with Crippen LogP contribution in [0.5, 0.6) is 0 Å². The van der Waals surface area contributed by atoms with Gasteiger partial charge in [-0.05, 0) is 18.2 Å². The molecule has 0 unspecified atom stereocenters. The molecule has 0 aliphatic carbocycles. The van der Waals surface area contributed by atoms with Crippen molar-refractivity contribution in [1.29, 1.82) is 0 Å². The molecule has 1 aromatic carbocycles. The number of hydrogen-bond acceptors (Lipinski definition) is 3. The van der Waals surface area contributed by atoms with Crippen LogP contribution in [0.1, 0.15) is 10.4 Å². The Kier molecular flexibility index (Phi) is 2.83. The standard InChI is InChI=1S/C14H13N3OS/c1-16-8-6-10-11(4-3-5-12(10)16)13(18)17(2)14-15-7-9-19-14/h3-9H,1-2H3. The van der Waals surface area contributed by atoms with Gasteiger partial charge in [-0.1, -0.05) is 6.07 Å². The highest BCUT2D eigenvalue weighted by molar-refractivity contribution is 7.13. The van der Waals surface area contributed by atoms with Crippen molar-refractivity contribution in [1.82, 2.24) is 9.55 Å². The summed E-state index contributed by atoms with van der Waals surface area (Å²) in [6.45, 7) is 0. The monoisotopic (exact) mass is 271 g/mol. The lowest BCUT2D eigenvalue weighted by Gasteiger charge is -2.14. The molecule has 2 heterocycles. The van der Waals surface area contributed by atoms with E-state index < -0.39 is 0 Å². The highest BCUT2D eigenvalue weighted by Crippen LogP contribution is 2.23. The van der Waals surface area contributed by atoms with E-state index in [1.54, 1.807) is 18.1 Å². The lowest BCUT2D eigenvalue weighted by Crippen LogP contribution is -2.26. The number of carbonyl (C=O) groups excluding carboxylic acids is 1. The van der Waals surface area contributed by atoms with E-state index in [4.69, 9.17) is 0 Å². The summed E-state index contributed by atoms with van der Waals surface area (Å²) in [5.41, 5.74) is 1.76. The third kappa shape index (κ3) is 1.92. The van der Waals surface area contributed by atoms with Crippen LogP contribution in [0.15, 0.2) is 42.0 Å². The van der Waals surface area contributed by atoms with Crippen LogP contribution in [0.3, 0.4) is 0 Å². The number of amides is 1. The molecule has 0 fully saturated rings. The van der Waals surface area contributed by atoms with Gasteiger partial charge in [-0.3, -0.25) is 9.69 Å². The van der Waals surface area contributed by atoms with Crippen LogP contribution < -0.4 is 4.90 Å². The predicted octanol–water partition coefficient (Wildman–Crippen LogP) is 2.91. The molecule has 0 radical (unpaired) electrons. The summed E-state index contributed by atoms with van der Waals surface area (Å²) < 4.78 is 2.01. The number of carbonyl (C=O) groups is 1. The maximum absolute atomic E-state index is 12.5. The molecule has 0 spiro atoms. The lowest BCUT2D eigenvalue weighted by atomic mass is 10.1. The van der Waals surface area contributed by atoms with Gasteiger partial charge in [-0.2, -0.15) is 0 Å². The smallest absolute Gasteiger partial charge is 0.260 e. The summed E-state index contributed by atoms with van der Waals surface area (Å²) in [5, 5.41) is 3.54. The topological polar surface area (TPSA) is 38.1 Å². The van der Waals surface area contributed by atoms with Crippen molar-refractivity contribution < 1.29 is 4.79 Å². The Bertz CT molecular complexity index is 730. The number of nitrogens with zero attached hydrogens (tertiary/aromatic N) is 3. The van der Waals surface area contributed by atoms with Crippen LogP contribution in [-0.4, -0.2) is 22.5 Å².